The third-order valence-corrected chi connectivity index (χ3v) is 3.36. The van der Waals surface area contributed by atoms with Crippen LogP contribution in [0.4, 0.5) is 0 Å². The lowest BCUT2D eigenvalue weighted by Crippen LogP contribution is -2.23. The molecule has 0 spiro atoms. The lowest BCUT2D eigenvalue weighted by atomic mass is 10.1. The van der Waals surface area contributed by atoms with Gasteiger partial charge in [-0.2, -0.15) is 0 Å². The van der Waals surface area contributed by atoms with Crippen LogP contribution in [-0.2, 0) is 11.2 Å². The summed E-state index contributed by atoms with van der Waals surface area (Å²) in [5.41, 5.74) is 1.01. The molecule has 0 heterocycles. The Labute approximate surface area is 121 Å². The lowest BCUT2D eigenvalue weighted by molar-refractivity contribution is -0.120. The molecule has 1 amide bonds. The summed E-state index contributed by atoms with van der Waals surface area (Å²) in [6.07, 6.45) is 2.70. The highest BCUT2D eigenvalue weighted by Crippen LogP contribution is 2.33. The van der Waals surface area contributed by atoms with Gasteiger partial charge in [-0.05, 0) is 24.1 Å². The second kappa shape index (κ2) is 7.84. The molecule has 0 bridgehead atoms. The Kier molecular flexibility index (Phi) is 6.42. The average Bonchev–Trinajstić information content (AvgIpc) is 2.43. The first kappa shape index (κ1) is 15.6. The van der Waals surface area contributed by atoms with Crippen molar-refractivity contribution in [1.82, 2.24) is 5.32 Å². The number of aryl methyl sites for hydroxylation is 1. The molecule has 0 aromatic heterocycles. The van der Waals surface area contributed by atoms with Gasteiger partial charge in [0.2, 0.25) is 5.91 Å². The van der Waals surface area contributed by atoms with E-state index in [1.54, 1.807) is 20.3 Å². The lowest BCUT2D eigenvalue weighted by Gasteiger charge is -2.11. The van der Waals surface area contributed by atoms with E-state index in [1.165, 1.54) is 0 Å². The molecule has 5 heteroatoms. The summed E-state index contributed by atoms with van der Waals surface area (Å²) in [7, 11) is 3.18. The van der Waals surface area contributed by atoms with Crippen LogP contribution in [0.3, 0.4) is 0 Å². The van der Waals surface area contributed by atoms with Crippen molar-refractivity contribution >= 4 is 21.8 Å². The summed E-state index contributed by atoms with van der Waals surface area (Å²) in [4.78, 5) is 11.5. The Bertz CT molecular complexity index is 460. The number of halogens is 1. The molecule has 104 valence electrons. The molecule has 1 aromatic rings. The number of hydrogen-bond donors (Lipinski definition) is 1. The monoisotopic (exact) mass is 327 g/mol. The zero-order chi connectivity index (χ0) is 14.3. The number of hydrogen-bond acceptors (Lipinski definition) is 3. The first-order valence-corrected chi connectivity index (χ1v) is 6.69. The van der Waals surface area contributed by atoms with Gasteiger partial charge >= 0.3 is 0 Å². The maximum Gasteiger partial charge on any atom is 0.220 e. The highest BCUT2D eigenvalue weighted by molar-refractivity contribution is 9.10. The van der Waals surface area contributed by atoms with Gasteiger partial charge in [-0.3, -0.25) is 4.79 Å². The SMILES string of the molecule is C=CCNC(=O)CCc1cc(OC)c(OC)cc1Br. The number of carbonyl (C=O) groups excluding carboxylic acids is 1. The second-order valence-electron chi connectivity index (χ2n) is 3.89. The van der Waals surface area contributed by atoms with Crippen molar-refractivity contribution in [3.63, 3.8) is 0 Å². The van der Waals surface area contributed by atoms with Crippen molar-refractivity contribution in [2.24, 2.45) is 0 Å². The van der Waals surface area contributed by atoms with Gasteiger partial charge in [0.1, 0.15) is 0 Å². The van der Waals surface area contributed by atoms with Crippen LogP contribution >= 0.6 is 15.9 Å². The molecule has 0 saturated heterocycles. The molecular weight excluding hydrogens is 310 g/mol. The highest BCUT2D eigenvalue weighted by atomic mass is 79.9. The van der Waals surface area contributed by atoms with Crippen molar-refractivity contribution in [2.75, 3.05) is 20.8 Å². The molecule has 0 atom stereocenters. The van der Waals surface area contributed by atoms with Crippen molar-refractivity contribution in [3.05, 3.63) is 34.8 Å². The predicted octanol–water partition coefficient (Wildman–Crippen LogP) is 2.70. The zero-order valence-electron chi connectivity index (χ0n) is 11.2. The molecule has 1 rings (SSSR count). The van der Waals surface area contributed by atoms with Crippen LogP contribution in [0.5, 0.6) is 11.5 Å². The van der Waals surface area contributed by atoms with Crippen LogP contribution in [0, 0.1) is 0 Å². The minimum absolute atomic E-state index is 0.00147. The molecule has 4 nitrogen and oxygen atoms in total. The van der Waals surface area contributed by atoms with Crippen molar-refractivity contribution in [3.8, 4) is 11.5 Å². The Morgan fingerprint density at radius 1 is 1.37 bits per heavy atom. The van der Waals surface area contributed by atoms with Gasteiger partial charge < -0.3 is 14.8 Å². The average molecular weight is 328 g/mol. The summed E-state index contributed by atoms with van der Waals surface area (Å²) in [6.45, 7) is 4.05. The Balaban J connectivity index is 2.73. The molecule has 0 radical (unpaired) electrons. The standard InChI is InChI=1S/C14H18BrNO3/c1-4-7-16-14(17)6-5-10-8-12(18-2)13(19-3)9-11(10)15/h4,8-9H,1,5-7H2,2-3H3,(H,16,17). The predicted molar refractivity (Wildman–Crippen MR) is 78.8 cm³/mol. The van der Waals surface area contributed by atoms with E-state index in [2.05, 4.69) is 27.8 Å². The highest BCUT2D eigenvalue weighted by Gasteiger charge is 2.10. The van der Waals surface area contributed by atoms with E-state index in [0.717, 1.165) is 10.0 Å². The van der Waals surface area contributed by atoms with E-state index >= 15 is 0 Å². The largest absolute Gasteiger partial charge is 0.493 e. The minimum atomic E-state index is 0.00147. The Morgan fingerprint density at radius 2 is 2.00 bits per heavy atom. The zero-order valence-corrected chi connectivity index (χ0v) is 12.7. The third-order valence-electron chi connectivity index (χ3n) is 2.62. The summed E-state index contributed by atoms with van der Waals surface area (Å²) < 4.78 is 11.4. The number of nitrogens with one attached hydrogen (secondary N) is 1. The van der Waals surface area contributed by atoms with Gasteiger partial charge in [0, 0.05) is 17.4 Å². The van der Waals surface area contributed by atoms with E-state index in [9.17, 15) is 4.79 Å². The number of benzene rings is 1. The number of methoxy groups -OCH3 is 2. The molecule has 0 aliphatic rings. The molecule has 0 aliphatic heterocycles. The van der Waals surface area contributed by atoms with Crippen molar-refractivity contribution in [2.45, 2.75) is 12.8 Å². The Morgan fingerprint density at radius 3 is 2.58 bits per heavy atom. The van der Waals surface area contributed by atoms with Gasteiger partial charge in [0.15, 0.2) is 11.5 Å². The fraction of sp³-hybridized carbons (Fsp3) is 0.357. The number of ether oxygens (including phenoxy) is 2. The van der Waals surface area contributed by atoms with E-state index < -0.39 is 0 Å². The van der Waals surface area contributed by atoms with Crippen molar-refractivity contribution in [1.29, 1.82) is 0 Å². The summed E-state index contributed by atoms with van der Waals surface area (Å²) in [6, 6.07) is 3.72. The maximum atomic E-state index is 11.5. The molecule has 0 unspecified atom stereocenters. The Hall–Kier alpha value is -1.49. The van der Waals surface area contributed by atoms with Gasteiger partial charge in [0.05, 0.1) is 14.2 Å². The minimum Gasteiger partial charge on any atom is -0.493 e. The van der Waals surface area contributed by atoms with Crippen LogP contribution in [0.2, 0.25) is 0 Å². The summed E-state index contributed by atoms with van der Waals surface area (Å²) >= 11 is 3.47. The van der Waals surface area contributed by atoms with Crippen LogP contribution in [-0.4, -0.2) is 26.7 Å². The van der Waals surface area contributed by atoms with E-state index in [4.69, 9.17) is 9.47 Å². The number of amides is 1. The van der Waals surface area contributed by atoms with Crippen LogP contribution < -0.4 is 14.8 Å². The fourth-order valence-corrected chi connectivity index (χ4v) is 2.13. The molecule has 0 saturated carbocycles. The van der Waals surface area contributed by atoms with Gasteiger partial charge in [-0.15, -0.1) is 6.58 Å². The van der Waals surface area contributed by atoms with E-state index in [0.29, 0.717) is 30.9 Å². The smallest absolute Gasteiger partial charge is 0.220 e. The molecule has 1 N–H and O–H groups in total. The van der Waals surface area contributed by atoms with Gasteiger partial charge in [0.25, 0.3) is 0 Å². The molecule has 19 heavy (non-hydrogen) atoms. The van der Waals surface area contributed by atoms with Crippen LogP contribution in [0.15, 0.2) is 29.3 Å². The number of rotatable bonds is 7. The van der Waals surface area contributed by atoms with Gasteiger partial charge in [-0.25, -0.2) is 0 Å². The summed E-state index contributed by atoms with van der Waals surface area (Å²) in [5.74, 6) is 1.32. The summed E-state index contributed by atoms with van der Waals surface area (Å²) in [5, 5.41) is 2.74. The molecular formula is C14H18BrNO3. The first-order valence-electron chi connectivity index (χ1n) is 5.90. The maximum absolute atomic E-state index is 11.5. The van der Waals surface area contributed by atoms with Crippen LogP contribution in [0.1, 0.15) is 12.0 Å². The van der Waals surface area contributed by atoms with E-state index in [-0.39, 0.29) is 5.91 Å². The topological polar surface area (TPSA) is 47.6 Å². The van der Waals surface area contributed by atoms with Crippen molar-refractivity contribution < 1.29 is 14.3 Å². The second-order valence-corrected chi connectivity index (χ2v) is 4.75. The molecule has 0 aliphatic carbocycles. The van der Waals surface area contributed by atoms with Crippen LogP contribution in [0.25, 0.3) is 0 Å². The normalized spacial score (nSPS) is 9.84. The van der Waals surface area contributed by atoms with E-state index in [1.807, 2.05) is 12.1 Å². The quantitative estimate of drug-likeness (QED) is 0.783. The van der Waals surface area contributed by atoms with Gasteiger partial charge in [-0.1, -0.05) is 22.0 Å². The first-order chi connectivity index (χ1) is 9.12. The fourth-order valence-electron chi connectivity index (χ4n) is 1.61. The molecule has 0 fully saturated rings. The molecule has 1 aromatic carbocycles. The number of carbonyl (C=O) groups is 1. The third kappa shape index (κ3) is 4.59.